The highest BCUT2D eigenvalue weighted by Gasteiger charge is 2.13. The summed E-state index contributed by atoms with van der Waals surface area (Å²) in [5.74, 6) is -0.273. The molecule has 0 bridgehead atoms. The molecule has 0 saturated heterocycles. The highest BCUT2D eigenvalue weighted by molar-refractivity contribution is 7.99. The average molecular weight is 279 g/mol. The number of ether oxygens (including phenoxy) is 1. The number of hydrogen-bond donors (Lipinski definition) is 1. The number of methoxy groups -OCH3 is 1. The Hall–Kier alpha value is -2.02. The number of thioether (sulfide) groups is 1. The molecule has 0 amide bonds. The summed E-state index contributed by atoms with van der Waals surface area (Å²) in [7, 11) is 1.59. The molecule has 2 aromatic rings. The zero-order valence-electron chi connectivity index (χ0n) is 10.5. The van der Waals surface area contributed by atoms with Gasteiger partial charge in [-0.05, 0) is 24.6 Å². The van der Waals surface area contributed by atoms with Crippen molar-refractivity contribution in [2.75, 3.05) is 12.9 Å². The second-order valence-electron chi connectivity index (χ2n) is 3.84. The highest BCUT2D eigenvalue weighted by atomic mass is 32.2. The average Bonchev–Trinajstić information content (AvgIpc) is 2.84. The third kappa shape index (κ3) is 3.05. The molecule has 0 radical (unpaired) electrons. The normalized spacial score (nSPS) is 10.4. The van der Waals surface area contributed by atoms with E-state index in [1.165, 1.54) is 0 Å². The Kier molecular flexibility index (Phi) is 4.06. The second-order valence-corrected chi connectivity index (χ2v) is 4.78. The van der Waals surface area contributed by atoms with Gasteiger partial charge in [-0.3, -0.25) is 9.36 Å². The Morgan fingerprint density at radius 1 is 1.53 bits per heavy atom. The fourth-order valence-corrected chi connectivity index (χ4v) is 2.24. The quantitative estimate of drug-likeness (QED) is 0.840. The molecule has 0 spiro atoms. The van der Waals surface area contributed by atoms with Crippen molar-refractivity contribution in [3.05, 3.63) is 30.1 Å². The minimum atomic E-state index is -0.893. The lowest BCUT2D eigenvalue weighted by Crippen LogP contribution is -2.03. The molecule has 19 heavy (non-hydrogen) atoms. The van der Waals surface area contributed by atoms with Crippen LogP contribution in [-0.2, 0) is 4.79 Å². The van der Waals surface area contributed by atoms with Crippen LogP contribution in [0.1, 0.15) is 5.56 Å². The molecule has 0 unspecified atom stereocenters. The largest absolute Gasteiger partial charge is 0.495 e. The maximum absolute atomic E-state index is 10.6. The molecule has 0 aliphatic carbocycles. The SMILES string of the molecule is COc1ccc(C)cc1-n1cnnc1SCC(=O)O. The van der Waals surface area contributed by atoms with E-state index < -0.39 is 5.97 Å². The number of carboxylic acids is 1. The van der Waals surface area contributed by atoms with Gasteiger partial charge in [0, 0.05) is 0 Å². The van der Waals surface area contributed by atoms with Crippen LogP contribution in [0.2, 0.25) is 0 Å². The van der Waals surface area contributed by atoms with Gasteiger partial charge >= 0.3 is 5.97 Å². The molecule has 1 N–H and O–H groups in total. The summed E-state index contributed by atoms with van der Waals surface area (Å²) in [5, 5.41) is 17.0. The minimum Gasteiger partial charge on any atom is -0.495 e. The number of rotatable bonds is 5. The topological polar surface area (TPSA) is 77.2 Å². The van der Waals surface area contributed by atoms with Crippen molar-refractivity contribution in [1.29, 1.82) is 0 Å². The molecule has 0 aliphatic heterocycles. The van der Waals surface area contributed by atoms with Gasteiger partial charge in [0.05, 0.1) is 18.6 Å². The van der Waals surface area contributed by atoms with Crippen LogP contribution in [-0.4, -0.2) is 38.7 Å². The predicted molar refractivity (Wildman–Crippen MR) is 71.0 cm³/mol. The number of hydrogen-bond acceptors (Lipinski definition) is 5. The second kappa shape index (κ2) is 5.75. The summed E-state index contributed by atoms with van der Waals surface area (Å²) in [4.78, 5) is 10.6. The molecule has 1 aromatic heterocycles. The first-order chi connectivity index (χ1) is 9.11. The van der Waals surface area contributed by atoms with E-state index in [0.717, 1.165) is 23.0 Å². The highest BCUT2D eigenvalue weighted by Crippen LogP contribution is 2.27. The van der Waals surface area contributed by atoms with Crippen LogP contribution in [0.4, 0.5) is 0 Å². The molecule has 0 saturated carbocycles. The Morgan fingerprint density at radius 3 is 3.00 bits per heavy atom. The zero-order valence-corrected chi connectivity index (χ0v) is 11.3. The van der Waals surface area contributed by atoms with Crippen LogP contribution in [0.5, 0.6) is 5.75 Å². The lowest BCUT2D eigenvalue weighted by molar-refractivity contribution is -0.133. The van der Waals surface area contributed by atoms with Crippen molar-refractivity contribution < 1.29 is 14.6 Å². The fraction of sp³-hybridized carbons (Fsp3) is 0.250. The first-order valence-corrected chi connectivity index (χ1v) is 6.50. The number of carboxylic acid groups (broad SMARTS) is 1. The van der Waals surface area contributed by atoms with E-state index >= 15 is 0 Å². The van der Waals surface area contributed by atoms with E-state index in [1.54, 1.807) is 18.0 Å². The Balaban J connectivity index is 2.39. The number of nitrogens with zero attached hydrogens (tertiary/aromatic N) is 3. The smallest absolute Gasteiger partial charge is 0.313 e. The van der Waals surface area contributed by atoms with Crippen molar-refractivity contribution in [3.63, 3.8) is 0 Å². The van der Waals surface area contributed by atoms with Crippen LogP contribution < -0.4 is 4.74 Å². The molecule has 7 heteroatoms. The monoisotopic (exact) mass is 279 g/mol. The number of aryl methyl sites for hydroxylation is 1. The van der Waals surface area contributed by atoms with E-state index in [-0.39, 0.29) is 5.75 Å². The van der Waals surface area contributed by atoms with Crippen LogP contribution in [0.25, 0.3) is 5.69 Å². The van der Waals surface area contributed by atoms with Crippen LogP contribution >= 0.6 is 11.8 Å². The molecule has 0 atom stereocenters. The van der Waals surface area contributed by atoms with Gasteiger partial charge in [0.2, 0.25) is 0 Å². The first-order valence-electron chi connectivity index (χ1n) is 5.51. The number of benzene rings is 1. The van der Waals surface area contributed by atoms with Gasteiger partial charge in [-0.15, -0.1) is 10.2 Å². The number of carbonyl (C=O) groups is 1. The summed E-state index contributed by atoms with van der Waals surface area (Å²) in [6, 6.07) is 5.74. The lowest BCUT2D eigenvalue weighted by atomic mass is 10.2. The van der Waals surface area contributed by atoms with Gasteiger partial charge in [0.15, 0.2) is 5.16 Å². The maximum Gasteiger partial charge on any atom is 0.313 e. The Bertz CT molecular complexity index is 598. The molecular weight excluding hydrogens is 266 g/mol. The maximum atomic E-state index is 10.6. The summed E-state index contributed by atoms with van der Waals surface area (Å²) in [6.45, 7) is 1.97. The summed E-state index contributed by atoms with van der Waals surface area (Å²) in [6.07, 6.45) is 1.54. The lowest BCUT2D eigenvalue weighted by Gasteiger charge is -2.11. The zero-order chi connectivity index (χ0) is 13.8. The van der Waals surface area contributed by atoms with Crippen molar-refractivity contribution in [2.45, 2.75) is 12.1 Å². The third-order valence-corrected chi connectivity index (χ3v) is 3.36. The predicted octanol–water partition coefficient (Wildman–Crippen LogP) is 1.76. The van der Waals surface area contributed by atoms with Crippen molar-refractivity contribution >= 4 is 17.7 Å². The van der Waals surface area contributed by atoms with E-state index in [1.807, 2.05) is 25.1 Å². The van der Waals surface area contributed by atoms with E-state index in [9.17, 15) is 4.79 Å². The Morgan fingerprint density at radius 2 is 2.32 bits per heavy atom. The molecule has 2 rings (SSSR count). The summed E-state index contributed by atoms with van der Waals surface area (Å²) in [5.41, 5.74) is 1.86. The van der Waals surface area contributed by atoms with Gasteiger partial charge in [-0.1, -0.05) is 17.8 Å². The molecular formula is C12H13N3O3S. The van der Waals surface area contributed by atoms with Crippen LogP contribution in [0.15, 0.2) is 29.7 Å². The number of aliphatic carboxylic acids is 1. The standard InChI is InChI=1S/C12H13N3O3S/c1-8-3-4-10(18-2)9(5-8)15-7-13-14-12(15)19-6-11(16)17/h3-5,7H,6H2,1-2H3,(H,16,17). The van der Waals surface area contributed by atoms with Crippen molar-refractivity contribution in [3.8, 4) is 11.4 Å². The van der Waals surface area contributed by atoms with Crippen LogP contribution in [0, 0.1) is 6.92 Å². The fourth-order valence-electron chi connectivity index (χ4n) is 1.60. The summed E-state index contributed by atoms with van der Waals surface area (Å²) < 4.78 is 7.02. The first kappa shape index (κ1) is 13.4. The molecule has 0 fully saturated rings. The van der Waals surface area contributed by atoms with E-state index in [2.05, 4.69) is 10.2 Å². The summed E-state index contributed by atoms with van der Waals surface area (Å²) >= 11 is 1.12. The van der Waals surface area contributed by atoms with Gasteiger partial charge in [-0.25, -0.2) is 0 Å². The van der Waals surface area contributed by atoms with Gasteiger partial charge in [0.1, 0.15) is 12.1 Å². The van der Waals surface area contributed by atoms with Crippen molar-refractivity contribution in [1.82, 2.24) is 14.8 Å². The number of aromatic nitrogens is 3. The molecule has 1 heterocycles. The Labute approximate surface area is 114 Å². The van der Waals surface area contributed by atoms with E-state index in [4.69, 9.17) is 9.84 Å². The van der Waals surface area contributed by atoms with Crippen LogP contribution in [0.3, 0.4) is 0 Å². The molecule has 1 aromatic carbocycles. The van der Waals surface area contributed by atoms with Gasteiger partial charge in [0.25, 0.3) is 0 Å². The van der Waals surface area contributed by atoms with Gasteiger partial charge in [-0.2, -0.15) is 0 Å². The molecule has 0 aliphatic rings. The minimum absolute atomic E-state index is 0.0627. The molecule has 6 nitrogen and oxygen atoms in total. The third-order valence-electron chi connectivity index (χ3n) is 2.44. The molecule has 100 valence electrons. The van der Waals surface area contributed by atoms with E-state index in [0.29, 0.717) is 10.9 Å². The van der Waals surface area contributed by atoms with Gasteiger partial charge < -0.3 is 9.84 Å². The van der Waals surface area contributed by atoms with Crippen molar-refractivity contribution in [2.24, 2.45) is 0 Å².